The molecule has 10 heteroatoms. The average Bonchev–Trinajstić information content (AvgIpc) is 3.09. The summed E-state index contributed by atoms with van der Waals surface area (Å²) in [5.41, 5.74) is 4.78. The van der Waals surface area contributed by atoms with Gasteiger partial charge in [-0.15, -0.1) is 0 Å². The molecule has 2 N–H and O–H groups in total. The van der Waals surface area contributed by atoms with Crippen LogP contribution < -0.4 is 10.9 Å². The number of hydrogen-bond donors (Lipinski definition) is 2. The highest BCUT2D eigenvalue weighted by Crippen LogP contribution is 2.29. The molecule has 0 radical (unpaired) electrons. The number of rotatable bonds is 5. The number of amides is 1. The van der Waals surface area contributed by atoms with Crippen LogP contribution in [-0.4, -0.2) is 16.0 Å². The lowest BCUT2D eigenvalue weighted by molar-refractivity contribution is -0.137. The van der Waals surface area contributed by atoms with Crippen molar-refractivity contribution in [2.24, 2.45) is 0 Å². The molecular formula is C17H12ClF3N4O2. The van der Waals surface area contributed by atoms with Crippen LogP contribution in [0.1, 0.15) is 11.1 Å². The smallest absolute Gasteiger partial charge is 0.313 e. The second-order valence-electron chi connectivity index (χ2n) is 5.48. The molecule has 1 heterocycles. The van der Waals surface area contributed by atoms with Gasteiger partial charge in [-0.2, -0.15) is 18.2 Å². The molecule has 6 nitrogen and oxygen atoms in total. The Hall–Kier alpha value is -3.07. The van der Waals surface area contributed by atoms with E-state index in [4.69, 9.17) is 16.1 Å². The minimum absolute atomic E-state index is 0.0719. The molecule has 0 aliphatic heterocycles. The van der Waals surface area contributed by atoms with Crippen molar-refractivity contribution in [3.05, 3.63) is 64.7 Å². The number of nitrogens with zero attached hydrogens (tertiary/aromatic N) is 2. The van der Waals surface area contributed by atoms with Crippen molar-refractivity contribution >= 4 is 23.5 Å². The second-order valence-corrected chi connectivity index (χ2v) is 5.91. The number of benzene rings is 2. The minimum Gasteiger partial charge on any atom is -0.313 e. The van der Waals surface area contributed by atoms with Crippen LogP contribution in [0.3, 0.4) is 0 Å². The van der Waals surface area contributed by atoms with E-state index in [1.807, 2.05) is 0 Å². The first-order valence-electron chi connectivity index (χ1n) is 7.62. The van der Waals surface area contributed by atoms with Crippen LogP contribution in [-0.2, 0) is 17.4 Å². The fourth-order valence-corrected chi connectivity index (χ4v) is 2.33. The van der Waals surface area contributed by atoms with Crippen molar-refractivity contribution in [3.63, 3.8) is 0 Å². The molecule has 3 rings (SSSR count). The number of nitrogens with one attached hydrogen (secondary N) is 2. The maximum atomic E-state index is 12.7. The zero-order valence-electron chi connectivity index (χ0n) is 13.5. The van der Waals surface area contributed by atoms with Crippen LogP contribution in [0.25, 0.3) is 11.4 Å². The standard InChI is InChI=1S/C17H12ClF3N4O2/c18-13-6-4-11(5-7-13)15-22-16(27-25-15)24-23-14(26)9-10-2-1-3-12(8-10)17(19,20)21/h1-8H,9H2,(H,23,26)(H,22,24,25). The van der Waals surface area contributed by atoms with Crippen LogP contribution in [0, 0.1) is 0 Å². The van der Waals surface area contributed by atoms with Gasteiger partial charge in [0, 0.05) is 10.6 Å². The van der Waals surface area contributed by atoms with E-state index in [2.05, 4.69) is 21.0 Å². The molecule has 3 aromatic rings. The van der Waals surface area contributed by atoms with Gasteiger partial charge in [-0.05, 0) is 35.9 Å². The third kappa shape index (κ3) is 4.98. The van der Waals surface area contributed by atoms with Gasteiger partial charge in [0.15, 0.2) is 0 Å². The van der Waals surface area contributed by atoms with E-state index < -0.39 is 17.6 Å². The summed E-state index contributed by atoms with van der Waals surface area (Å²) in [6.07, 6.45) is -4.72. The Bertz CT molecular complexity index is 942. The first-order valence-corrected chi connectivity index (χ1v) is 8.00. The largest absolute Gasteiger partial charge is 0.416 e. The van der Waals surface area contributed by atoms with Gasteiger partial charge in [-0.1, -0.05) is 35.0 Å². The fraction of sp³-hybridized carbons (Fsp3) is 0.118. The normalized spacial score (nSPS) is 11.3. The summed E-state index contributed by atoms with van der Waals surface area (Å²) in [7, 11) is 0. The van der Waals surface area contributed by atoms with Crippen LogP contribution in [0.2, 0.25) is 5.02 Å². The molecule has 0 saturated carbocycles. The third-order valence-electron chi connectivity index (χ3n) is 3.46. The lowest BCUT2D eigenvalue weighted by atomic mass is 10.1. The number of alkyl halides is 3. The van der Waals surface area contributed by atoms with Gasteiger partial charge in [0.25, 0.3) is 0 Å². The predicted octanol–water partition coefficient (Wildman–Crippen LogP) is 4.09. The van der Waals surface area contributed by atoms with Crippen molar-refractivity contribution in [2.45, 2.75) is 12.6 Å². The van der Waals surface area contributed by atoms with Gasteiger partial charge in [0.1, 0.15) is 0 Å². The summed E-state index contributed by atoms with van der Waals surface area (Å²) < 4.78 is 43.0. The number of hydrazine groups is 1. The quantitative estimate of drug-likeness (QED) is 0.635. The Morgan fingerprint density at radius 2 is 1.89 bits per heavy atom. The molecule has 0 bridgehead atoms. The van der Waals surface area contributed by atoms with Crippen molar-refractivity contribution < 1.29 is 22.5 Å². The third-order valence-corrected chi connectivity index (χ3v) is 3.71. The van der Waals surface area contributed by atoms with E-state index in [-0.39, 0.29) is 23.8 Å². The molecular weight excluding hydrogens is 385 g/mol. The highest BCUT2D eigenvalue weighted by molar-refractivity contribution is 6.30. The topological polar surface area (TPSA) is 80.0 Å². The minimum atomic E-state index is -4.47. The predicted molar refractivity (Wildman–Crippen MR) is 91.7 cm³/mol. The first-order chi connectivity index (χ1) is 12.8. The summed E-state index contributed by atoms with van der Waals surface area (Å²) >= 11 is 5.80. The molecule has 140 valence electrons. The molecule has 0 aliphatic rings. The Morgan fingerprint density at radius 1 is 1.15 bits per heavy atom. The molecule has 0 aliphatic carbocycles. The fourth-order valence-electron chi connectivity index (χ4n) is 2.20. The molecule has 0 saturated heterocycles. The van der Waals surface area contributed by atoms with Crippen LogP contribution in [0.5, 0.6) is 0 Å². The lowest BCUT2D eigenvalue weighted by Crippen LogP contribution is -2.30. The average molecular weight is 397 g/mol. The SMILES string of the molecule is O=C(Cc1cccc(C(F)(F)F)c1)NNc1nc(-c2ccc(Cl)cc2)no1. The number of anilines is 1. The van der Waals surface area contributed by atoms with E-state index in [1.165, 1.54) is 12.1 Å². The summed E-state index contributed by atoms with van der Waals surface area (Å²) in [6.45, 7) is 0. The van der Waals surface area contributed by atoms with Gasteiger partial charge >= 0.3 is 12.2 Å². The number of halogens is 4. The lowest BCUT2D eigenvalue weighted by Gasteiger charge is -2.09. The van der Waals surface area contributed by atoms with Crippen molar-refractivity contribution in [2.75, 3.05) is 5.43 Å². The highest BCUT2D eigenvalue weighted by Gasteiger charge is 2.30. The van der Waals surface area contributed by atoms with E-state index in [9.17, 15) is 18.0 Å². The zero-order chi connectivity index (χ0) is 19.4. The summed E-state index contributed by atoms with van der Waals surface area (Å²) in [5, 5.41) is 4.31. The summed E-state index contributed by atoms with van der Waals surface area (Å²) in [6, 6.07) is 11.2. The molecule has 27 heavy (non-hydrogen) atoms. The molecule has 1 aromatic heterocycles. The number of aromatic nitrogens is 2. The van der Waals surface area contributed by atoms with Crippen LogP contribution in [0.4, 0.5) is 19.2 Å². The Morgan fingerprint density at radius 3 is 2.59 bits per heavy atom. The van der Waals surface area contributed by atoms with E-state index >= 15 is 0 Å². The molecule has 2 aromatic carbocycles. The van der Waals surface area contributed by atoms with Crippen molar-refractivity contribution in [3.8, 4) is 11.4 Å². The first kappa shape index (κ1) is 18.7. The molecule has 0 spiro atoms. The Balaban J connectivity index is 1.58. The molecule has 0 atom stereocenters. The maximum absolute atomic E-state index is 12.7. The molecule has 1 amide bonds. The van der Waals surface area contributed by atoms with Gasteiger partial charge in [-0.25, -0.2) is 5.43 Å². The van der Waals surface area contributed by atoms with Gasteiger partial charge < -0.3 is 4.52 Å². The number of carbonyl (C=O) groups is 1. The number of hydrogen-bond acceptors (Lipinski definition) is 5. The van der Waals surface area contributed by atoms with E-state index in [0.717, 1.165) is 12.1 Å². The monoisotopic (exact) mass is 396 g/mol. The summed E-state index contributed by atoms with van der Waals surface area (Å²) in [4.78, 5) is 15.9. The van der Waals surface area contributed by atoms with Crippen molar-refractivity contribution in [1.29, 1.82) is 0 Å². The zero-order valence-corrected chi connectivity index (χ0v) is 14.3. The summed E-state index contributed by atoms with van der Waals surface area (Å²) in [5.74, 6) is -0.290. The molecule has 0 fully saturated rings. The van der Waals surface area contributed by atoms with Crippen LogP contribution >= 0.6 is 11.6 Å². The van der Waals surface area contributed by atoms with Crippen LogP contribution in [0.15, 0.2) is 53.1 Å². The van der Waals surface area contributed by atoms with Gasteiger partial charge in [-0.3, -0.25) is 10.2 Å². The van der Waals surface area contributed by atoms with Crippen molar-refractivity contribution in [1.82, 2.24) is 15.6 Å². The van der Waals surface area contributed by atoms with Gasteiger partial charge in [0.05, 0.1) is 12.0 Å². The second kappa shape index (κ2) is 7.67. The van der Waals surface area contributed by atoms with Gasteiger partial charge in [0.2, 0.25) is 11.7 Å². The highest BCUT2D eigenvalue weighted by atomic mass is 35.5. The van der Waals surface area contributed by atoms with E-state index in [0.29, 0.717) is 10.6 Å². The van der Waals surface area contributed by atoms with E-state index in [1.54, 1.807) is 24.3 Å². The number of carbonyl (C=O) groups excluding carboxylic acids is 1. The molecule has 0 unspecified atom stereocenters. The maximum Gasteiger partial charge on any atom is 0.416 e. The Kier molecular flexibility index (Phi) is 5.31. The Labute approximate surface area is 156 Å².